The van der Waals surface area contributed by atoms with Gasteiger partial charge in [0.1, 0.15) is 11.5 Å². The molecule has 0 spiro atoms. The molecule has 0 unspecified atom stereocenters. The molecule has 0 radical (unpaired) electrons. The van der Waals surface area contributed by atoms with E-state index in [1.807, 2.05) is 0 Å². The van der Waals surface area contributed by atoms with E-state index in [4.69, 9.17) is 4.74 Å². The lowest BCUT2D eigenvalue weighted by Gasteiger charge is -2.14. The number of nitro groups is 1. The Kier molecular flexibility index (Phi) is 5.41. The second kappa shape index (κ2) is 7.49. The third-order valence-corrected chi connectivity index (χ3v) is 3.09. The summed E-state index contributed by atoms with van der Waals surface area (Å²) in [5.74, 6) is -0.110. The smallest absolute Gasteiger partial charge is 0.387 e. The van der Waals surface area contributed by atoms with E-state index in [-0.39, 0.29) is 22.8 Å². The van der Waals surface area contributed by atoms with Crippen LogP contribution in [0, 0.1) is 10.1 Å². The van der Waals surface area contributed by atoms with E-state index < -0.39 is 17.6 Å². The van der Waals surface area contributed by atoms with Crippen molar-refractivity contribution in [2.45, 2.75) is 19.6 Å². The van der Waals surface area contributed by atoms with Crippen molar-refractivity contribution in [2.24, 2.45) is 0 Å². The van der Waals surface area contributed by atoms with Crippen LogP contribution < -0.4 is 9.47 Å². The van der Waals surface area contributed by atoms with Crippen molar-refractivity contribution in [3.8, 4) is 11.5 Å². The maximum absolute atomic E-state index is 12.2. The number of non-ortho nitro benzene ring substituents is 1. The summed E-state index contributed by atoms with van der Waals surface area (Å²) in [5, 5.41) is 10.6. The van der Waals surface area contributed by atoms with E-state index in [2.05, 4.69) is 4.74 Å². The molecule has 2 aromatic rings. The average Bonchev–Trinajstić information content (AvgIpc) is 2.54. The van der Waals surface area contributed by atoms with Crippen molar-refractivity contribution in [1.82, 2.24) is 0 Å². The Labute approximate surface area is 135 Å². The number of halogens is 2. The number of nitro benzene ring substituents is 1. The fraction of sp³-hybridized carbons (Fsp3) is 0.188. The number of nitrogens with zero attached hydrogens (tertiary/aromatic N) is 1. The highest BCUT2D eigenvalue weighted by Crippen LogP contribution is 2.20. The summed E-state index contributed by atoms with van der Waals surface area (Å²) in [5.41, 5.74) is 0.182. The molecule has 0 fully saturated rings. The molecule has 0 saturated heterocycles. The number of ether oxygens (including phenoxy) is 2. The highest BCUT2D eigenvalue weighted by Gasteiger charge is 2.18. The summed E-state index contributed by atoms with van der Waals surface area (Å²) in [6.07, 6.45) is -0.853. The van der Waals surface area contributed by atoms with Crippen molar-refractivity contribution < 1.29 is 28.0 Å². The highest BCUT2D eigenvalue weighted by molar-refractivity contribution is 5.99. The monoisotopic (exact) mass is 337 g/mol. The molecule has 24 heavy (non-hydrogen) atoms. The first kappa shape index (κ1) is 17.3. The van der Waals surface area contributed by atoms with Crippen LogP contribution in [0.4, 0.5) is 14.5 Å². The molecule has 0 aliphatic heterocycles. The molecule has 0 aromatic heterocycles. The van der Waals surface area contributed by atoms with Crippen LogP contribution in [-0.2, 0) is 0 Å². The summed E-state index contributed by atoms with van der Waals surface area (Å²) in [7, 11) is 0. The van der Waals surface area contributed by atoms with Crippen molar-refractivity contribution in [3.63, 3.8) is 0 Å². The standard InChI is InChI=1S/C16H13F2NO5/c1-10(23-13-8-4-12(5-9-13)19(21)22)15(20)11-2-6-14(7-3-11)24-16(17)18/h2-10,16H,1H3/t10-/m1/s1. The summed E-state index contributed by atoms with van der Waals surface area (Å²) < 4.78 is 33.8. The van der Waals surface area contributed by atoms with Crippen LogP contribution in [0.3, 0.4) is 0 Å². The molecule has 0 amide bonds. The van der Waals surface area contributed by atoms with Crippen LogP contribution >= 0.6 is 0 Å². The van der Waals surface area contributed by atoms with Gasteiger partial charge in [-0.25, -0.2) is 0 Å². The van der Waals surface area contributed by atoms with Crippen LogP contribution in [0.2, 0.25) is 0 Å². The Bertz CT molecular complexity index is 716. The van der Waals surface area contributed by atoms with Crippen molar-refractivity contribution in [2.75, 3.05) is 0 Å². The van der Waals surface area contributed by atoms with E-state index in [9.17, 15) is 23.7 Å². The van der Waals surface area contributed by atoms with E-state index in [0.29, 0.717) is 5.75 Å². The van der Waals surface area contributed by atoms with Crippen LogP contribution in [0.1, 0.15) is 17.3 Å². The molecule has 0 saturated carbocycles. The Hall–Kier alpha value is -3.03. The van der Waals surface area contributed by atoms with Gasteiger partial charge in [-0.3, -0.25) is 14.9 Å². The first-order valence-electron chi connectivity index (χ1n) is 6.87. The lowest BCUT2D eigenvalue weighted by molar-refractivity contribution is -0.384. The molecule has 126 valence electrons. The van der Waals surface area contributed by atoms with Crippen molar-refractivity contribution in [1.29, 1.82) is 0 Å². The SMILES string of the molecule is C[C@@H](Oc1ccc([N+](=O)[O-])cc1)C(=O)c1ccc(OC(F)F)cc1. The van der Waals surface area contributed by atoms with Gasteiger partial charge in [0, 0.05) is 17.7 Å². The fourth-order valence-electron chi connectivity index (χ4n) is 1.94. The normalized spacial score (nSPS) is 11.8. The molecule has 0 bridgehead atoms. The van der Waals surface area contributed by atoms with Crippen LogP contribution in [0.5, 0.6) is 11.5 Å². The summed E-state index contributed by atoms with van der Waals surface area (Å²) in [4.78, 5) is 22.3. The zero-order valence-electron chi connectivity index (χ0n) is 12.5. The number of hydrogen-bond acceptors (Lipinski definition) is 5. The zero-order chi connectivity index (χ0) is 17.7. The Morgan fingerprint density at radius 2 is 1.50 bits per heavy atom. The molecule has 2 aromatic carbocycles. The number of ketones is 1. The van der Waals surface area contributed by atoms with Gasteiger partial charge in [0.2, 0.25) is 5.78 Å². The Morgan fingerprint density at radius 3 is 2.00 bits per heavy atom. The third-order valence-electron chi connectivity index (χ3n) is 3.09. The number of Topliss-reactive ketones (excluding diaryl/α,β-unsaturated/α-hetero) is 1. The number of carbonyl (C=O) groups is 1. The summed E-state index contributed by atoms with van der Waals surface area (Å²) in [6.45, 7) is -1.41. The third kappa shape index (κ3) is 4.48. The molecule has 0 heterocycles. The van der Waals surface area contributed by atoms with Gasteiger partial charge in [-0.15, -0.1) is 0 Å². The van der Waals surface area contributed by atoms with Gasteiger partial charge in [0.25, 0.3) is 5.69 Å². The summed E-state index contributed by atoms with van der Waals surface area (Å²) in [6, 6.07) is 10.6. The minimum Gasteiger partial charge on any atom is -0.483 e. The second-order valence-corrected chi connectivity index (χ2v) is 4.78. The maximum Gasteiger partial charge on any atom is 0.387 e. The van der Waals surface area contributed by atoms with Gasteiger partial charge in [0.15, 0.2) is 6.10 Å². The van der Waals surface area contributed by atoms with E-state index in [0.717, 1.165) is 0 Å². The minimum atomic E-state index is -2.93. The molecular formula is C16H13F2NO5. The predicted octanol–water partition coefficient (Wildman–Crippen LogP) is 3.85. The van der Waals surface area contributed by atoms with Gasteiger partial charge >= 0.3 is 6.61 Å². The van der Waals surface area contributed by atoms with Gasteiger partial charge < -0.3 is 9.47 Å². The average molecular weight is 337 g/mol. The minimum absolute atomic E-state index is 0.0505. The predicted molar refractivity (Wildman–Crippen MR) is 80.6 cm³/mol. The number of carbonyl (C=O) groups excluding carboxylic acids is 1. The number of rotatable bonds is 7. The molecule has 1 atom stereocenters. The van der Waals surface area contributed by atoms with Gasteiger partial charge in [-0.2, -0.15) is 8.78 Å². The van der Waals surface area contributed by atoms with Gasteiger partial charge in [-0.1, -0.05) is 0 Å². The molecule has 0 aliphatic carbocycles. The summed E-state index contributed by atoms with van der Waals surface area (Å²) >= 11 is 0. The Balaban J connectivity index is 2.02. The first-order valence-corrected chi connectivity index (χ1v) is 6.87. The number of hydrogen-bond donors (Lipinski definition) is 0. The van der Waals surface area contributed by atoms with E-state index in [1.54, 1.807) is 0 Å². The van der Waals surface area contributed by atoms with Crippen LogP contribution in [0.15, 0.2) is 48.5 Å². The van der Waals surface area contributed by atoms with Crippen molar-refractivity contribution in [3.05, 3.63) is 64.2 Å². The fourth-order valence-corrected chi connectivity index (χ4v) is 1.94. The number of benzene rings is 2. The quantitative estimate of drug-likeness (QED) is 0.436. The molecule has 0 N–H and O–H groups in total. The molecule has 6 nitrogen and oxygen atoms in total. The highest BCUT2D eigenvalue weighted by atomic mass is 19.3. The van der Waals surface area contributed by atoms with Gasteiger partial charge in [-0.05, 0) is 43.3 Å². The second-order valence-electron chi connectivity index (χ2n) is 4.78. The molecule has 8 heteroatoms. The molecule has 0 aliphatic rings. The topological polar surface area (TPSA) is 78.7 Å². The zero-order valence-corrected chi connectivity index (χ0v) is 12.5. The van der Waals surface area contributed by atoms with Crippen molar-refractivity contribution >= 4 is 11.5 Å². The van der Waals surface area contributed by atoms with Gasteiger partial charge in [0.05, 0.1) is 4.92 Å². The van der Waals surface area contributed by atoms with E-state index >= 15 is 0 Å². The molecule has 2 rings (SSSR count). The van der Waals surface area contributed by atoms with Crippen LogP contribution in [-0.4, -0.2) is 23.4 Å². The maximum atomic E-state index is 12.2. The molecular weight excluding hydrogens is 324 g/mol. The Morgan fingerprint density at radius 1 is 1.00 bits per heavy atom. The lowest BCUT2D eigenvalue weighted by Crippen LogP contribution is -2.23. The number of alkyl halides is 2. The van der Waals surface area contributed by atoms with E-state index in [1.165, 1.54) is 55.5 Å². The largest absolute Gasteiger partial charge is 0.483 e. The lowest BCUT2D eigenvalue weighted by atomic mass is 10.1. The first-order chi connectivity index (χ1) is 11.4. The van der Waals surface area contributed by atoms with Crippen LogP contribution in [0.25, 0.3) is 0 Å².